The summed E-state index contributed by atoms with van der Waals surface area (Å²) in [6.45, 7) is 1.03. The second-order valence-electron chi connectivity index (χ2n) is 5.97. The third-order valence-electron chi connectivity index (χ3n) is 4.24. The third kappa shape index (κ3) is 3.98. The van der Waals surface area contributed by atoms with Crippen LogP contribution in [0.4, 0.5) is 0 Å². The van der Waals surface area contributed by atoms with Crippen LogP contribution in [-0.2, 0) is 6.42 Å². The summed E-state index contributed by atoms with van der Waals surface area (Å²) in [5.74, 6) is -0.144. The Morgan fingerprint density at radius 1 is 1.38 bits per heavy atom. The number of amides is 1. The topological polar surface area (TPSA) is 93.5 Å². The SMILES string of the molecule is NC=C(Cl)C1=NCCCc2sc(C(=O)N[C@H](CN)c3ccccc3)cc21. The van der Waals surface area contributed by atoms with Gasteiger partial charge in [0.15, 0.2) is 0 Å². The fraction of sp³-hybridized carbons (Fsp3) is 0.263. The van der Waals surface area contributed by atoms with E-state index in [-0.39, 0.29) is 11.9 Å². The second kappa shape index (κ2) is 8.49. The van der Waals surface area contributed by atoms with E-state index in [0.717, 1.165) is 28.8 Å². The van der Waals surface area contributed by atoms with Crippen LogP contribution < -0.4 is 16.8 Å². The molecule has 26 heavy (non-hydrogen) atoms. The molecule has 2 heterocycles. The Morgan fingerprint density at radius 3 is 2.85 bits per heavy atom. The highest BCUT2D eigenvalue weighted by Gasteiger charge is 2.23. The van der Waals surface area contributed by atoms with E-state index >= 15 is 0 Å². The Kier molecular flexibility index (Phi) is 6.08. The lowest BCUT2D eigenvalue weighted by atomic mass is 10.1. The van der Waals surface area contributed by atoms with E-state index in [4.69, 9.17) is 23.1 Å². The van der Waals surface area contributed by atoms with Gasteiger partial charge in [-0.15, -0.1) is 11.3 Å². The summed E-state index contributed by atoms with van der Waals surface area (Å²) in [5.41, 5.74) is 14.0. The zero-order valence-electron chi connectivity index (χ0n) is 14.2. The number of nitrogens with zero attached hydrogens (tertiary/aromatic N) is 1. The molecule has 1 aromatic heterocycles. The number of carbonyl (C=O) groups excluding carboxylic acids is 1. The molecule has 1 amide bonds. The van der Waals surface area contributed by atoms with Crippen molar-refractivity contribution in [2.45, 2.75) is 18.9 Å². The van der Waals surface area contributed by atoms with Crippen LogP contribution >= 0.6 is 22.9 Å². The van der Waals surface area contributed by atoms with Crippen molar-refractivity contribution in [3.63, 3.8) is 0 Å². The average Bonchev–Trinajstić information content (AvgIpc) is 3.00. The predicted molar refractivity (Wildman–Crippen MR) is 108 cm³/mol. The van der Waals surface area contributed by atoms with Gasteiger partial charge in [-0.25, -0.2) is 0 Å². The molecular formula is C19H21ClN4OS. The van der Waals surface area contributed by atoms with E-state index in [9.17, 15) is 4.79 Å². The number of fused-ring (bicyclic) bond motifs is 1. The highest BCUT2D eigenvalue weighted by Crippen LogP contribution is 2.30. The van der Waals surface area contributed by atoms with Gasteiger partial charge in [-0.1, -0.05) is 41.9 Å². The van der Waals surface area contributed by atoms with Crippen LogP contribution in [0.3, 0.4) is 0 Å². The van der Waals surface area contributed by atoms with Crippen molar-refractivity contribution >= 4 is 34.6 Å². The highest BCUT2D eigenvalue weighted by atomic mass is 35.5. The van der Waals surface area contributed by atoms with Gasteiger partial charge < -0.3 is 16.8 Å². The van der Waals surface area contributed by atoms with Crippen molar-refractivity contribution < 1.29 is 4.79 Å². The number of benzene rings is 1. The Bertz CT molecular complexity index is 844. The molecule has 0 fully saturated rings. The summed E-state index contributed by atoms with van der Waals surface area (Å²) < 4.78 is 0. The molecule has 0 aliphatic carbocycles. The van der Waals surface area contributed by atoms with Crippen molar-refractivity contribution in [2.24, 2.45) is 16.5 Å². The fourth-order valence-corrected chi connectivity index (χ4v) is 4.19. The summed E-state index contributed by atoms with van der Waals surface area (Å²) in [4.78, 5) is 19.0. The number of aliphatic imine (C=N–C) groups is 1. The number of aryl methyl sites for hydroxylation is 1. The molecule has 5 N–H and O–H groups in total. The zero-order chi connectivity index (χ0) is 18.5. The van der Waals surface area contributed by atoms with Gasteiger partial charge in [0.1, 0.15) is 0 Å². The Hall–Kier alpha value is -2.15. The van der Waals surface area contributed by atoms with Gasteiger partial charge in [0.2, 0.25) is 0 Å². The van der Waals surface area contributed by atoms with Crippen LogP contribution in [-0.4, -0.2) is 24.7 Å². The number of allylic oxidation sites excluding steroid dienone is 1. The molecule has 1 aliphatic rings. The largest absolute Gasteiger partial charge is 0.403 e. The number of halogens is 1. The van der Waals surface area contributed by atoms with Crippen molar-refractivity contribution in [3.05, 3.63) is 68.5 Å². The second-order valence-corrected chi connectivity index (χ2v) is 7.51. The summed E-state index contributed by atoms with van der Waals surface area (Å²) in [7, 11) is 0. The maximum atomic E-state index is 12.8. The van der Waals surface area contributed by atoms with Gasteiger partial charge >= 0.3 is 0 Å². The van der Waals surface area contributed by atoms with Gasteiger partial charge in [0.05, 0.1) is 21.7 Å². The fourth-order valence-electron chi connectivity index (χ4n) is 2.92. The van der Waals surface area contributed by atoms with Crippen LogP contribution in [0.2, 0.25) is 0 Å². The minimum absolute atomic E-state index is 0.144. The maximum absolute atomic E-state index is 12.8. The molecule has 0 bridgehead atoms. The number of rotatable bonds is 5. The van der Waals surface area contributed by atoms with Gasteiger partial charge in [-0.2, -0.15) is 0 Å². The number of hydrogen-bond acceptors (Lipinski definition) is 5. The van der Waals surface area contributed by atoms with Gasteiger partial charge in [-0.3, -0.25) is 9.79 Å². The molecule has 1 aliphatic heterocycles. The number of thiophene rings is 1. The maximum Gasteiger partial charge on any atom is 0.261 e. The van der Waals surface area contributed by atoms with E-state index in [0.29, 0.717) is 28.7 Å². The van der Waals surface area contributed by atoms with Crippen molar-refractivity contribution in [3.8, 4) is 0 Å². The predicted octanol–water partition coefficient (Wildman–Crippen LogP) is 2.95. The lowest BCUT2D eigenvalue weighted by molar-refractivity contribution is 0.0942. The molecule has 136 valence electrons. The van der Waals surface area contributed by atoms with Crippen molar-refractivity contribution in [2.75, 3.05) is 13.1 Å². The summed E-state index contributed by atoms with van der Waals surface area (Å²) in [6.07, 6.45) is 3.13. The lowest BCUT2D eigenvalue weighted by Gasteiger charge is -2.16. The Labute approximate surface area is 161 Å². The quantitative estimate of drug-likeness (QED) is 0.735. The smallest absolute Gasteiger partial charge is 0.261 e. The summed E-state index contributed by atoms with van der Waals surface area (Å²) >= 11 is 7.69. The molecule has 5 nitrogen and oxygen atoms in total. The van der Waals surface area contributed by atoms with Gasteiger partial charge in [0.25, 0.3) is 5.91 Å². The van der Waals surface area contributed by atoms with E-state index in [2.05, 4.69) is 10.3 Å². The first-order valence-corrected chi connectivity index (χ1v) is 9.64. The number of carbonyl (C=O) groups is 1. The van der Waals surface area contributed by atoms with Crippen molar-refractivity contribution in [1.82, 2.24) is 5.32 Å². The molecule has 2 aromatic rings. The van der Waals surface area contributed by atoms with Crippen LogP contribution in [0.15, 0.2) is 52.6 Å². The summed E-state index contributed by atoms with van der Waals surface area (Å²) in [6, 6.07) is 11.3. The molecule has 0 saturated heterocycles. The van der Waals surface area contributed by atoms with E-state index < -0.39 is 0 Å². The van der Waals surface area contributed by atoms with E-state index in [1.165, 1.54) is 17.5 Å². The van der Waals surface area contributed by atoms with Crippen LogP contribution in [0.25, 0.3) is 0 Å². The van der Waals surface area contributed by atoms with Crippen LogP contribution in [0.1, 0.15) is 38.1 Å². The summed E-state index contributed by atoms with van der Waals surface area (Å²) in [5, 5.41) is 3.42. The van der Waals surface area contributed by atoms with Gasteiger partial charge in [0, 0.05) is 29.7 Å². The Morgan fingerprint density at radius 2 is 2.15 bits per heavy atom. The van der Waals surface area contributed by atoms with Gasteiger partial charge in [-0.05, 0) is 24.5 Å². The number of nitrogens with two attached hydrogens (primary N) is 2. The first-order chi connectivity index (χ1) is 12.6. The molecule has 0 radical (unpaired) electrons. The zero-order valence-corrected chi connectivity index (χ0v) is 15.8. The standard InChI is InChI=1S/C19H21ClN4OS/c20-14(10-21)18-13-9-17(26-16(13)7-4-8-23-18)19(25)24-15(11-22)12-5-2-1-3-6-12/h1-3,5-6,9-10,15H,4,7-8,11,21-22H2,(H,24,25)/t15-/m1/s1. The number of hydrogen-bond donors (Lipinski definition) is 3. The minimum atomic E-state index is -0.230. The first-order valence-electron chi connectivity index (χ1n) is 8.45. The number of nitrogens with one attached hydrogen (secondary N) is 1. The van der Waals surface area contributed by atoms with Crippen molar-refractivity contribution in [1.29, 1.82) is 0 Å². The molecule has 1 aromatic carbocycles. The highest BCUT2D eigenvalue weighted by molar-refractivity contribution is 7.14. The molecule has 1 atom stereocenters. The van der Waals surface area contributed by atoms with E-state index in [1.54, 1.807) is 0 Å². The first kappa shape index (κ1) is 18.6. The van der Waals surface area contributed by atoms with Crippen LogP contribution in [0, 0.1) is 0 Å². The minimum Gasteiger partial charge on any atom is -0.403 e. The molecule has 3 rings (SSSR count). The molecule has 0 saturated carbocycles. The molecular weight excluding hydrogens is 368 g/mol. The third-order valence-corrected chi connectivity index (χ3v) is 5.73. The van der Waals surface area contributed by atoms with Crippen LogP contribution in [0.5, 0.6) is 0 Å². The lowest BCUT2D eigenvalue weighted by Crippen LogP contribution is -2.32. The Balaban J connectivity index is 1.85. The monoisotopic (exact) mass is 388 g/mol. The normalized spacial score (nSPS) is 15.6. The molecule has 0 spiro atoms. The molecule has 0 unspecified atom stereocenters. The molecule has 7 heteroatoms. The van der Waals surface area contributed by atoms with E-state index in [1.807, 2.05) is 36.4 Å². The average molecular weight is 389 g/mol.